The second-order valence-electron chi connectivity index (χ2n) is 6.49. The molecule has 3 aromatic carbocycles. The first-order valence-electron chi connectivity index (χ1n) is 8.67. The molecule has 1 heterocycles. The number of sulfonamides is 1. The Labute approximate surface area is 166 Å². The lowest BCUT2D eigenvalue weighted by molar-refractivity contribution is -0.116. The minimum absolute atomic E-state index is 0.0770. The first-order chi connectivity index (χ1) is 13.4. The Morgan fingerprint density at radius 3 is 2.61 bits per heavy atom. The second kappa shape index (κ2) is 7.07. The normalized spacial score (nSPS) is 14.4. The minimum Gasteiger partial charge on any atom is -0.326 e. The number of halogens is 2. The zero-order chi connectivity index (χ0) is 19.9. The molecule has 4 rings (SSSR count). The van der Waals surface area contributed by atoms with Gasteiger partial charge in [-0.3, -0.25) is 9.10 Å². The maximum Gasteiger partial charge on any atom is 0.265 e. The standard InChI is InChI=1S/C20H16ClFN2O3S/c21-15-12-14(9-10-16(15)22)23-19(25)8-3-11-24-17-6-1-4-13-5-2-7-18(20(13)17)28(24,26)27/h1-2,4-7,9-10,12H,3,8,11H2,(H,23,25). The summed E-state index contributed by atoms with van der Waals surface area (Å²) in [6.07, 6.45) is 0.456. The van der Waals surface area contributed by atoms with Crippen molar-refractivity contribution >= 4 is 49.7 Å². The van der Waals surface area contributed by atoms with Crippen molar-refractivity contribution in [3.05, 3.63) is 65.4 Å². The Morgan fingerprint density at radius 1 is 1.11 bits per heavy atom. The SMILES string of the molecule is O=C(CCCN1c2cccc3cccc(c23)S1(=O)=O)Nc1ccc(F)c(Cl)c1. The molecule has 1 aliphatic rings. The van der Waals surface area contributed by atoms with Gasteiger partial charge in [0.15, 0.2) is 0 Å². The van der Waals surface area contributed by atoms with E-state index in [1.165, 1.54) is 22.5 Å². The van der Waals surface area contributed by atoms with E-state index in [1.54, 1.807) is 18.2 Å². The Morgan fingerprint density at radius 2 is 1.86 bits per heavy atom. The van der Waals surface area contributed by atoms with Gasteiger partial charge in [-0.25, -0.2) is 12.8 Å². The zero-order valence-corrected chi connectivity index (χ0v) is 16.2. The van der Waals surface area contributed by atoms with E-state index in [2.05, 4.69) is 5.32 Å². The summed E-state index contributed by atoms with van der Waals surface area (Å²) < 4.78 is 40.3. The summed E-state index contributed by atoms with van der Waals surface area (Å²) in [7, 11) is -3.62. The van der Waals surface area contributed by atoms with E-state index >= 15 is 0 Å². The molecule has 5 nitrogen and oxygen atoms in total. The van der Waals surface area contributed by atoms with Crippen LogP contribution in [0.4, 0.5) is 15.8 Å². The molecule has 1 N–H and O–H groups in total. The van der Waals surface area contributed by atoms with Crippen LogP contribution in [0.1, 0.15) is 12.8 Å². The van der Waals surface area contributed by atoms with E-state index in [1.807, 2.05) is 18.2 Å². The molecule has 8 heteroatoms. The molecule has 0 radical (unpaired) electrons. The Bertz CT molecular complexity index is 1190. The van der Waals surface area contributed by atoms with Crippen molar-refractivity contribution in [2.24, 2.45) is 0 Å². The monoisotopic (exact) mass is 418 g/mol. The van der Waals surface area contributed by atoms with Gasteiger partial charge in [-0.05, 0) is 42.1 Å². The van der Waals surface area contributed by atoms with Crippen molar-refractivity contribution in [1.82, 2.24) is 0 Å². The predicted molar refractivity (Wildman–Crippen MR) is 108 cm³/mol. The third-order valence-electron chi connectivity index (χ3n) is 4.65. The van der Waals surface area contributed by atoms with Gasteiger partial charge >= 0.3 is 0 Å². The maximum atomic E-state index is 13.2. The van der Waals surface area contributed by atoms with Gasteiger partial charge in [0.25, 0.3) is 10.0 Å². The average molecular weight is 419 g/mol. The van der Waals surface area contributed by atoms with Crippen LogP contribution in [0.3, 0.4) is 0 Å². The number of hydrogen-bond donors (Lipinski definition) is 1. The van der Waals surface area contributed by atoms with Gasteiger partial charge in [0.1, 0.15) is 5.82 Å². The third kappa shape index (κ3) is 3.21. The van der Waals surface area contributed by atoms with Crippen LogP contribution in [0.5, 0.6) is 0 Å². The van der Waals surface area contributed by atoms with Crippen molar-refractivity contribution in [2.75, 3.05) is 16.2 Å². The molecule has 0 aliphatic carbocycles. The minimum atomic E-state index is -3.62. The van der Waals surface area contributed by atoms with Crippen LogP contribution in [-0.2, 0) is 14.8 Å². The van der Waals surface area contributed by atoms with Crippen molar-refractivity contribution in [3.63, 3.8) is 0 Å². The lowest BCUT2D eigenvalue weighted by Gasteiger charge is -2.18. The Hall–Kier alpha value is -2.64. The molecular formula is C20H16ClFN2O3S. The molecular weight excluding hydrogens is 403 g/mol. The van der Waals surface area contributed by atoms with Gasteiger partial charge in [0.2, 0.25) is 5.91 Å². The van der Waals surface area contributed by atoms with Gasteiger partial charge in [-0.15, -0.1) is 0 Å². The first kappa shape index (κ1) is 18.7. The Kier molecular flexibility index (Phi) is 4.72. The van der Waals surface area contributed by atoms with E-state index in [9.17, 15) is 17.6 Å². The molecule has 1 amide bonds. The summed E-state index contributed by atoms with van der Waals surface area (Å²) in [5.41, 5.74) is 1.03. The van der Waals surface area contributed by atoms with Crippen molar-refractivity contribution in [2.45, 2.75) is 17.7 Å². The fourth-order valence-corrected chi connectivity index (χ4v) is 5.31. The highest BCUT2D eigenvalue weighted by Crippen LogP contribution is 2.41. The third-order valence-corrected chi connectivity index (χ3v) is 6.79. The van der Waals surface area contributed by atoms with E-state index in [0.717, 1.165) is 10.8 Å². The van der Waals surface area contributed by atoms with Crippen molar-refractivity contribution in [3.8, 4) is 0 Å². The van der Waals surface area contributed by atoms with E-state index < -0.39 is 15.8 Å². The number of hydrogen-bond acceptors (Lipinski definition) is 3. The number of carbonyl (C=O) groups excluding carboxylic acids is 1. The zero-order valence-electron chi connectivity index (χ0n) is 14.7. The molecule has 28 heavy (non-hydrogen) atoms. The van der Waals surface area contributed by atoms with Crippen LogP contribution in [0.25, 0.3) is 10.8 Å². The highest BCUT2D eigenvalue weighted by Gasteiger charge is 2.34. The number of nitrogens with one attached hydrogen (secondary N) is 1. The molecule has 0 saturated carbocycles. The smallest absolute Gasteiger partial charge is 0.265 e. The molecule has 0 saturated heterocycles. The number of anilines is 2. The number of nitrogens with zero attached hydrogens (tertiary/aromatic N) is 1. The lowest BCUT2D eigenvalue weighted by atomic mass is 10.1. The number of rotatable bonds is 5. The Balaban J connectivity index is 1.45. The highest BCUT2D eigenvalue weighted by atomic mass is 35.5. The van der Waals surface area contributed by atoms with Crippen molar-refractivity contribution in [1.29, 1.82) is 0 Å². The maximum absolute atomic E-state index is 13.2. The summed E-state index contributed by atoms with van der Waals surface area (Å²) in [6, 6.07) is 14.6. The van der Waals surface area contributed by atoms with Gasteiger partial charge in [-0.2, -0.15) is 0 Å². The van der Waals surface area contributed by atoms with E-state index in [-0.39, 0.29) is 23.9 Å². The van der Waals surface area contributed by atoms with Gasteiger partial charge < -0.3 is 5.32 Å². The van der Waals surface area contributed by atoms with Crippen LogP contribution in [0.15, 0.2) is 59.5 Å². The predicted octanol–water partition coefficient (Wildman–Crippen LogP) is 4.56. The number of amides is 1. The van der Waals surface area contributed by atoms with Crippen LogP contribution in [-0.4, -0.2) is 20.9 Å². The topological polar surface area (TPSA) is 66.5 Å². The molecule has 0 bridgehead atoms. The highest BCUT2D eigenvalue weighted by molar-refractivity contribution is 7.93. The summed E-state index contributed by atoms with van der Waals surface area (Å²) in [5, 5.41) is 4.14. The number of carbonyl (C=O) groups is 1. The van der Waals surface area contributed by atoms with Gasteiger partial charge in [-0.1, -0.05) is 35.9 Å². The summed E-state index contributed by atoms with van der Waals surface area (Å²) in [6.45, 7) is 0.188. The fourth-order valence-electron chi connectivity index (χ4n) is 3.38. The first-order valence-corrected chi connectivity index (χ1v) is 10.5. The van der Waals surface area contributed by atoms with Crippen LogP contribution >= 0.6 is 11.6 Å². The molecule has 0 spiro atoms. The largest absolute Gasteiger partial charge is 0.326 e. The van der Waals surface area contributed by atoms with Crippen LogP contribution in [0.2, 0.25) is 5.02 Å². The van der Waals surface area contributed by atoms with E-state index in [0.29, 0.717) is 22.7 Å². The average Bonchev–Trinajstić information content (AvgIpc) is 2.88. The summed E-state index contributed by atoms with van der Waals surface area (Å²) >= 11 is 5.70. The fraction of sp³-hybridized carbons (Fsp3) is 0.150. The molecule has 0 fully saturated rings. The molecule has 3 aromatic rings. The van der Waals surface area contributed by atoms with Crippen LogP contribution in [0, 0.1) is 5.82 Å². The summed E-state index contributed by atoms with van der Waals surface area (Å²) in [5.74, 6) is -0.859. The van der Waals surface area contributed by atoms with Crippen LogP contribution < -0.4 is 9.62 Å². The second-order valence-corrected chi connectivity index (χ2v) is 8.73. The molecule has 0 atom stereocenters. The van der Waals surface area contributed by atoms with Gasteiger partial charge in [0, 0.05) is 24.0 Å². The molecule has 1 aliphatic heterocycles. The molecule has 0 aromatic heterocycles. The molecule has 0 unspecified atom stereocenters. The lowest BCUT2D eigenvalue weighted by Crippen LogP contribution is -2.28. The summed E-state index contributed by atoms with van der Waals surface area (Å²) in [4.78, 5) is 12.4. The van der Waals surface area contributed by atoms with Crippen molar-refractivity contribution < 1.29 is 17.6 Å². The quantitative estimate of drug-likeness (QED) is 0.660. The molecule has 144 valence electrons. The van der Waals surface area contributed by atoms with Gasteiger partial charge in [0.05, 0.1) is 15.6 Å². The number of benzene rings is 3. The van der Waals surface area contributed by atoms with E-state index in [4.69, 9.17) is 11.6 Å².